The molecule has 2 N–H and O–H groups in total. The number of nitrogens with zero attached hydrogens (tertiary/aromatic N) is 2. The van der Waals surface area contributed by atoms with Gasteiger partial charge in [-0.25, -0.2) is 0 Å². The minimum absolute atomic E-state index is 0.280. The van der Waals surface area contributed by atoms with Gasteiger partial charge in [0.15, 0.2) is 0 Å². The Balaban J connectivity index is 1.88. The highest BCUT2D eigenvalue weighted by Crippen LogP contribution is 2.34. The highest BCUT2D eigenvalue weighted by molar-refractivity contribution is 5.76. The monoisotopic (exact) mass is 283 g/mol. The number of benzene rings is 1. The molecule has 0 aromatic heterocycles. The van der Waals surface area contributed by atoms with Crippen LogP contribution in [0, 0.1) is 0 Å². The van der Waals surface area contributed by atoms with E-state index in [4.69, 9.17) is 5.73 Å². The van der Waals surface area contributed by atoms with Crippen LogP contribution in [0.15, 0.2) is 48.2 Å². The first-order valence-corrected chi connectivity index (χ1v) is 7.76. The fourth-order valence-electron chi connectivity index (χ4n) is 3.11. The van der Waals surface area contributed by atoms with Crippen molar-refractivity contribution < 1.29 is 0 Å². The molecule has 0 bridgehead atoms. The number of hydrogen-bond donors (Lipinski definition) is 1. The Morgan fingerprint density at radius 1 is 1.05 bits per heavy atom. The lowest BCUT2D eigenvalue weighted by atomic mass is 9.81. The molecule has 1 unspecified atom stereocenters. The molecule has 1 aromatic rings. The van der Waals surface area contributed by atoms with Crippen LogP contribution in [0.3, 0.4) is 0 Å². The molecule has 3 heteroatoms. The highest BCUT2D eigenvalue weighted by atomic mass is 15.2. The van der Waals surface area contributed by atoms with Crippen LogP contribution in [0.1, 0.15) is 18.9 Å². The van der Waals surface area contributed by atoms with Gasteiger partial charge in [-0.15, -0.1) is 0 Å². The third-order valence-electron chi connectivity index (χ3n) is 4.60. The lowest BCUT2D eigenvalue weighted by molar-refractivity contribution is 0.189. The van der Waals surface area contributed by atoms with E-state index in [1.807, 2.05) is 0 Å². The molecule has 0 amide bonds. The summed E-state index contributed by atoms with van der Waals surface area (Å²) in [5, 5.41) is 0. The van der Waals surface area contributed by atoms with Crippen LogP contribution in [-0.4, -0.2) is 48.6 Å². The van der Waals surface area contributed by atoms with Crippen LogP contribution < -0.4 is 5.73 Å². The molecule has 21 heavy (non-hydrogen) atoms. The van der Waals surface area contributed by atoms with Crippen molar-refractivity contribution in [2.24, 2.45) is 5.73 Å². The topological polar surface area (TPSA) is 32.5 Å². The second kappa shape index (κ2) is 5.66. The third kappa shape index (κ3) is 3.04. The molecule has 112 valence electrons. The van der Waals surface area contributed by atoms with Gasteiger partial charge < -0.3 is 15.5 Å². The van der Waals surface area contributed by atoms with Crippen LogP contribution in [0.5, 0.6) is 0 Å². The third-order valence-corrected chi connectivity index (χ3v) is 4.60. The Morgan fingerprint density at radius 2 is 1.71 bits per heavy atom. The van der Waals surface area contributed by atoms with Crippen LogP contribution in [0.2, 0.25) is 0 Å². The summed E-state index contributed by atoms with van der Waals surface area (Å²) in [5.41, 5.74) is 10.1. The smallest absolute Gasteiger partial charge is 0.0423 e. The van der Waals surface area contributed by atoms with E-state index in [9.17, 15) is 0 Å². The Labute approximate surface area is 127 Å². The maximum absolute atomic E-state index is 6.53. The molecule has 0 radical (unpaired) electrons. The van der Waals surface area contributed by atoms with Crippen molar-refractivity contribution in [3.8, 4) is 0 Å². The molecule has 1 atom stereocenters. The van der Waals surface area contributed by atoms with E-state index < -0.39 is 0 Å². The van der Waals surface area contributed by atoms with E-state index in [0.29, 0.717) is 0 Å². The van der Waals surface area contributed by atoms with Crippen molar-refractivity contribution in [3.63, 3.8) is 0 Å². The summed E-state index contributed by atoms with van der Waals surface area (Å²) in [4.78, 5) is 4.87. The van der Waals surface area contributed by atoms with E-state index in [2.05, 4.69) is 66.3 Å². The van der Waals surface area contributed by atoms with Gasteiger partial charge in [-0.1, -0.05) is 36.4 Å². The first-order chi connectivity index (χ1) is 10.1. The molecule has 0 saturated carbocycles. The quantitative estimate of drug-likeness (QED) is 0.904. The van der Waals surface area contributed by atoms with Gasteiger partial charge in [0.1, 0.15) is 0 Å². The Kier molecular flexibility index (Phi) is 3.87. The van der Waals surface area contributed by atoms with Crippen LogP contribution in [0.25, 0.3) is 5.57 Å². The van der Waals surface area contributed by atoms with Gasteiger partial charge in [-0.3, -0.25) is 0 Å². The van der Waals surface area contributed by atoms with E-state index >= 15 is 0 Å². The van der Waals surface area contributed by atoms with Crippen molar-refractivity contribution in [2.75, 3.05) is 33.2 Å². The average molecular weight is 283 g/mol. The summed E-state index contributed by atoms with van der Waals surface area (Å²) >= 11 is 0. The molecule has 3 rings (SSSR count). The van der Waals surface area contributed by atoms with Crippen LogP contribution in [-0.2, 0) is 0 Å². The summed E-state index contributed by atoms with van der Waals surface area (Å²) in [6.07, 6.45) is 5.50. The van der Waals surface area contributed by atoms with Gasteiger partial charge in [-0.2, -0.15) is 0 Å². The summed E-state index contributed by atoms with van der Waals surface area (Å²) in [6.45, 7) is 6.59. The normalized spacial score (nSPS) is 27.3. The van der Waals surface area contributed by atoms with Gasteiger partial charge in [0, 0.05) is 37.4 Å². The summed E-state index contributed by atoms with van der Waals surface area (Å²) in [7, 11) is 2.19. The van der Waals surface area contributed by atoms with Crippen molar-refractivity contribution in [2.45, 2.75) is 18.9 Å². The molecule has 1 saturated heterocycles. The minimum atomic E-state index is -0.280. The molecule has 1 aliphatic carbocycles. The summed E-state index contributed by atoms with van der Waals surface area (Å²) in [6, 6.07) is 10.5. The number of rotatable bonds is 2. The maximum Gasteiger partial charge on any atom is 0.0423 e. The predicted octanol–water partition coefficient (Wildman–Crippen LogP) is 2.32. The molecular formula is C18H25N3. The first-order valence-electron chi connectivity index (χ1n) is 7.76. The van der Waals surface area contributed by atoms with Gasteiger partial charge in [-0.05, 0) is 37.6 Å². The number of allylic oxidation sites excluding steroid dienone is 1. The predicted molar refractivity (Wildman–Crippen MR) is 88.8 cm³/mol. The lowest BCUT2D eigenvalue weighted by Crippen LogP contribution is -2.45. The molecule has 1 aliphatic heterocycles. The van der Waals surface area contributed by atoms with Crippen molar-refractivity contribution in [3.05, 3.63) is 53.7 Å². The molecular weight excluding hydrogens is 258 g/mol. The van der Waals surface area contributed by atoms with Gasteiger partial charge >= 0.3 is 0 Å². The zero-order valence-corrected chi connectivity index (χ0v) is 13.0. The molecule has 1 aromatic carbocycles. The molecule has 0 spiro atoms. The van der Waals surface area contributed by atoms with Gasteiger partial charge in [0.25, 0.3) is 0 Å². The lowest BCUT2D eigenvalue weighted by Gasteiger charge is -2.38. The first kappa shape index (κ1) is 14.4. The highest BCUT2D eigenvalue weighted by Gasteiger charge is 2.29. The van der Waals surface area contributed by atoms with Crippen molar-refractivity contribution in [1.82, 2.24) is 9.80 Å². The summed E-state index contributed by atoms with van der Waals surface area (Å²) < 4.78 is 0. The average Bonchev–Trinajstić information content (AvgIpc) is 2.49. The largest absolute Gasteiger partial charge is 0.369 e. The second-order valence-electron chi connectivity index (χ2n) is 6.46. The fraction of sp³-hybridized carbons (Fsp3) is 0.444. The van der Waals surface area contributed by atoms with E-state index in [1.165, 1.54) is 16.8 Å². The van der Waals surface area contributed by atoms with E-state index in [-0.39, 0.29) is 5.54 Å². The maximum atomic E-state index is 6.53. The van der Waals surface area contributed by atoms with Crippen molar-refractivity contribution >= 4 is 5.57 Å². The number of piperazine rings is 1. The fourth-order valence-corrected chi connectivity index (χ4v) is 3.11. The number of likely N-dealkylation sites (N-methyl/N-ethyl adjacent to an activating group) is 1. The summed E-state index contributed by atoms with van der Waals surface area (Å²) in [5.74, 6) is 0. The molecule has 1 heterocycles. The van der Waals surface area contributed by atoms with Crippen LogP contribution in [0.4, 0.5) is 0 Å². The molecule has 1 fully saturated rings. The Bertz CT molecular complexity index is 549. The van der Waals surface area contributed by atoms with E-state index in [1.54, 1.807) is 0 Å². The van der Waals surface area contributed by atoms with Gasteiger partial charge in [0.05, 0.1) is 0 Å². The van der Waals surface area contributed by atoms with Crippen LogP contribution >= 0.6 is 0 Å². The van der Waals surface area contributed by atoms with Gasteiger partial charge in [0.2, 0.25) is 0 Å². The number of hydrogen-bond acceptors (Lipinski definition) is 3. The Morgan fingerprint density at radius 3 is 2.38 bits per heavy atom. The molecule has 3 nitrogen and oxygen atoms in total. The zero-order chi connectivity index (χ0) is 14.9. The standard InChI is InChI=1S/C18H25N3/c1-18(19)9-8-16(21-12-10-20(2)11-13-21)14-17(18)15-6-4-3-5-7-15/h3-8,14H,9-13,19H2,1-2H3. The van der Waals surface area contributed by atoms with E-state index in [0.717, 1.165) is 32.6 Å². The molecule has 2 aliphatic rings. The minimum Gasteiger partial charge on any atom is -0.369 e. The number of nitrogens with two attached hydrogens (primary N) is 1. The zero-order valence-electron chi connectivity index (χ0n) is 13.0. The second-order valence-corrected chi connectivity index (χ2v) is 6.46. The van der Waals surface area contributed by atoms with Crippen molar-refractivity contribution in [1.29, 1.82) is 0 Å². The SMILES string of the molecule is CN1CCN(C2=CCC(C)(N)C(c3ccccc3)=C2)CC1. The Hall–Kier alpha value is -1.58.